The number of allylic oxidation sites excluding steroid dienone is 1. The molecule has 1 nitrogen and oxygen atoms in total. The van der Waals surface area contributed by atoms with Crippen molar-refractivity contribution in [3.63, 3.8) is 0 Å². The van der Waals surface area contributed by atoms with Gasteiger partial charge in [0.1, 0.15) is 0 Å². The number of hydrogen-bond donors (Lipinski definition) is 0. The van der Waals surface area contributed by atoms with E-state index in [0.29, 0.717) is 0 Å². The summed E-state index contributed by atoms with van der Waals surface area (Å²) < 4.78 is 0. The second kappa shape index (κ2) is 5.97. The molecule has 0 radical (unpaired) electrons. The van der Waals surface area contributed by atoms with Crippen LogP contribution in [0.1, 0.15) is 34.8 Å². The smallest absolute Gasteiger partial charge is 0.193 e. The minimum Gasteiger partial charge on any atom is -0.289 e. The lowest BCUT2D eigenvalue weighted by Gasteiger charge is -2.01. The molecule has 0 saturated heterocycles. The molecule has 2 aromatic carbocycles. The molecule has 0 atom stereocenters. The minimum atomic E-state index is 0.0709. The second-order valence-electron chi connectivity index (χ2n) is 4.13. The van der Waals surface area contributed by atoms with Crippen molar-refractivity contribution in [1.82, 2.24) is 0 Å². The number of carbonyl (C=O) groups excluding carboxylic acids is 1. The topological polar surface area (TPSA) is 17.1 Å². The van der Waals surface area contributed by atoms with Gasteiger partial charge in [-0.3, -0.25) is 4.79 Å². The van der Waals surface area contributed by atoms with Gasteiger partial charge in [0, 0.05) is 11.1 Å². The van der Waals surface area contributed by atoms with Gasteiger partial charge < -0.3 is 0 Å². The molecule has 0 amide bonds. The molecule has 1 heteroatoms. The van der Waals surface area contributed by atoms with E-state index < -0.39 is 0 Å². The van der Waals surface area contributed by atoms with E-state index in [1.807, 2.05) is 54.6 Å². The predicted octanol–water partition coefficient (Wildman–Crippen LogP) is 4.34. The van der Waals surface area contributed by atoms with E-state index in [-0.39, 0.29) is 5.78 Å². The molecule has 0 aliphatic heterocycles. The summed E-state index contributed by atoms with van der Waals surface area (Å²) >= 11 is 0. The maximum absolute atomic E-state index is 12.2. The lowest BCUT2D eigenvalue weighted by Crippen LogP contribution is -2.00. The molecule has 2 rings (SSSR count). The molecule has 0 fully saturated rings. The van der Waals surface area contributed by atoms with Crippen LogP contribution in [0.5, 0.6) is 0 Å². The summed E-state index contributed by atoms with van der Waals surface area (Å²) in [6.07, 6.45) is 5.19. The van der Waals surface area contributed by atoms with Gasteiger partial charge >= 0.3 is 0 Å². The molecule has 0 aliphatic rings. The first kappa shape index (κ1) is 12.3. The molecular weight excluding hydrogens is 220 g/mol. The first-order valence-electron chi connectivity index (χ1n) is 6.17. The molecule has 0 aliphatic carbocycles. The van der Waals surface area contributed by atoms with E-state index in [2.05, 4.69) is 19.1 Å². The van der Waals surface area contributed by atoms with Crippen LogP contribution in [0.4, 0.5) is 0 Å². The Kier molecular flexibility index (Phi) is 4.08. The lowest BCUT2D eigenvalue weighted by molar-refractivity contribution is 0.103. The fourth-order valence-electron chi connectivity index (χ4n) is 1.76. The largest absolute Gasteiger partial charge is 0.289 e. The van der Waals surface area contributed by atoms with Crippen LogP contribution in [0.15, 0.2) is 60.7 Å². The SMILES string of the molecule is CC/C=C/c1ccc(C(=O)c2ccccc2)cc1. The van der Waals surface area contributed by atoms with Gasteiger partial charge in [-0.25, -0.2) is 0 Å². The second-order valence-corrected chi connectivity index (χ2v) is 4.13. The zero-order valence-electron chi connectivity index (χ0n) is 10.5. The molecule has 90 valence electrons. The Balaban J connectivity index is 2.20. The van der Waals surface area contributed by atoms with Crippen molar-refractivity contribution >= 4 is 11.9 Å². The van der Waals surface area contributed by atoms with E-state index in [1.165, 1.54) is 0 Å². The van der Waals surface area contributed by atoms with E-state index >= 15 is 0 Å². The van der Waals surface area contributed by atoms with Gasteiger partial charge in [0.25, 0.3) is 0 Å². The molecule has 0 saturated carbocycles. The quantitative estimate of drug-likeness (QED) is 0.722. The van der Waals surface area contributed by atoms with Gasteiger partial charge in [-0.05, 0) is 12.0 Å². The van der Waals surface area contributed by atoms with Crippen LogP contribution in [0, 0.1) is 0 Å². The van der Waals surface area contributed by atoms with E-state index in [9.17, 15) is 4.79 Å². The minimum absolute atomic E-state index is 0.0709. The van der Waals surface area contributed by atoms with Crippen LogP contribution in [-0.4, -0.2) is 5.78 Å². The summed E-state index contributed by atoms with van der Waals surface area (Å²) in [6.45, 7) is 2.10. The summed E-state index contributed by atoms with van der Waals surface area (Å²) in [5, 5.41) is 0. The van der Waals surface area contributed by atoms with Gasteiger partial charge in [-0.1, -0.05) is 73.7 Å². The van der Waals surface area contributed by atoms with Crippen molar-refractivity contribution in [2.45, 2.75) is 13.3 Å². The van der Waals surface area contributed by atoms with Crippen molar-refractivity contribution in [1.29, 1.82) is 0 Å². The Morgan fingerprint density at radius 1 is 0.944 bits per heavy atom. The van der Waals surface area contributed by atoms with Gasteiger partial charge in [-0.15, -0.1) is 0 Å². The summed E-state index contributed by atoms with van der Waals surface area (Å²) in [5.41, 5.74) is 2.59. The molecule has 0 N–H and O–H groups in total. The molecule has 18 heavy (non-hydrogen) atoms. The number of benzene rings is 2. The lowest BCUT2D eigenvalue weighted by atomic mass is 10.0. The molecule has 0 heterocycles. The van der Waals surface area contributed by atoms with Gasteiger partial charge in [0.15, 0.2) is 5.78 Å². The molecule has 0 unspecified atom stereocenters. The standard InChI is InChI=1S/C17H16O/c1-2-3-7-14-10-12-16(13-11-14)17(18)15-8-5-4-6-9-15/h3-13H,2H2,1H3/b7-3+. The van der Waals surface area contributed by atoms with Crippen molar-refractivity contribution in [3.05, 3.63) is 77.4 Å². The third kappa shape index (κ3) is 2.95. The van der Waals surface area contributed by atoms with Crippen molar-refractivity contribution in [2.24, 2.45) is 0 Å². The van der Waals surface area contributed by atoms with Crippen LogP contribution in [0.25, 0.3) is 6.08 Å². The highest BCUT2D eigenvalue weighted by Crippen LogP contribution is 2.12. The first-order valence-corrected chi connectivity index (χ1v) is 6.17. The average molecular weight is 236 g/mol. The summed E-state index contributed by atoms with van der Waals surface area (Å²) in [5.74, 6) is 0.0709. The summed E-state index contributed by atoms with van der Waals surface area (Å²) in [4.78, 5) is 12.2. The van der Waals surface area contributed by atoms with Crippen LogP contribution in [0.3, 0.4) is 0 Å². The maximum Gasteiger partial charge on any atom is 0.193 e. The van der Waals surface area contributed by atoms with Crippen molar-refractivity contribution in [2.75, 3.05) is 0 Å². The molecule has 2 aromatic rings. The van der Waals surface area contributed by atoms with Gasteiger partial charge in [0.2, 0.25) is 0 Å². The summed E-state index contributed by atoms with van der Waals surface area (Å²) in [6, 6.07) is 17.1. The number of hydrogen-bond acceptors (Lipinski definition) is 1. The Morgan fingerprint density at radius 2 is 1.56 bits per heavy atom. The van der Waals surface area contributed by atoms with Crippen LogP contribution < -0.4 is 0 Å². The third-order valence-corrected chi connectivity index (χ3v) is 2.75. The van der Waals surface area contributed by atoms with Crippen molar-refractivity contribution < 1.29 is 4.79 Å². The number of carbonyl (C=O) groups is 1. The normalized spacial score (nSPS) is 10.7. The maximum atomic E-state index is 12.2. The Bertz CT molecular complexity index is 536. The van der Waals surface area contributed by atoms with Crippen molar-refractivity contribution in [3.8, 4) is 0 Å². The highest BCUT2D eigenvalue weighted by Gasteiger charge is 2.07. The molecule has 0 aromatic heterocycles. The van der Waals surface area contributed by atoms with E-state index in [1.54, 1.807) is 0 Å². The average Bonchev–Trinajstić information content (AvgIpc) is 2.46. The Hall–Kier alpha value is -2.15. The fourth-order valence-corrected chi connectivity index (χ4v) is 1.76. The van der Waals surface area contributed by atoms with Crippen LogP contribution in [0.2, 0.25) is 0 Å². The number of rotatable bonds is 4. The predicted molar refractivity (Wildman–Crippen MR) is 75.6 cm³/mol. The highest BCUT2D eigenvalue weighted by molar-refractivity contribution is 6.09. The Labute approximate surface area is 108 Å². The molecular formula is C17H16O. The van der Waals surface area contributed by atoms with Gasteiger partial charge in [-0.2, -0.15) is 0 Å². The van der Waals surface area contributed by atoms with E-state index in [0.717, 1.165) is 23.1 Å². The van der Waals surface area contributed by atoms with Crippen LogP contribution in [-0.2, 0) is 0 Å². The highest BCUT2D eigenvalue weighted by atomic mass is 16.1. The van der Waals surface area contributed by atoms with Gasteiger partial charge in [0.05, 0.1) is 0 Å². The zero-order valence-corrected chi connectivity index (χ0v) is 10.5. The summed E-state index contributed by atoms with van der Waals surface area (Å²) in [7, 11) is 0. The zero-order chi connectivity index (χ0) is 12.8. The Morgan fingerprint density at radius 3 is 2.17 bits per heavy atom. The number of ketones is 1. The first-order chi connectivity index (χ1) is 8.81. The molecule has 0 spiro atoms. The molecule has 0 bridgehead atoms. The third-order valence-electron chi connectivity index (χ3n) is 2.75. The fraction of sp³-hybridized carbons (Fsp3) is 0.118. The van der Waals surface area contributed by atoms with E-state index in [4.69, 9.17) is 0 Å². The monoisotopic (exact) mass is 236 g/mol. The van der Waals surface area contributed by atoms with Crippen LogP contribution >= 0.6 is 0 Å².